The van der Waals surface area contributed by atoms with Crippen LogP contribution in [-0.4, -0.2) is 34.6 Å². The van der Waals surface area contributed by atoms with Crippen molar-refractivity contribution in [2.45, 2.75) is 44.8 Å². The van der Waals surface area contributed by atoms with Gasteiger partial charge >= 0.3 is 0 Å². The molecule has 1 N–H and O–H groups in total. The van der Waals surface area contributed by atoms with E-state index in [1.165, 1.54) is 5.56 Å². The SMILES string of the molecule is Cn1cc(CCNC2CCOC(C)(C)C2)cn1. The van der Waals surface area contributed by atoms with Gasteiger partial charge in [0.1, 0.15) is 0 Å². The summed E-state index contributed by atoms with van der Waals surface area (Å²) in [6.07, 6.45) is 7.29. The molecule has 17 heavy (non-hydrogen) atoms. The predicted molar refractivity (Wildman–Crippen MR) is 68.0 cm³/mol. The summed E-state index contributed by atoms with van der Waals surface area (Å²) in [5.41, 5.74) is 1.33. The molecule has 1 fully saturated rings. The summed E-state index contributed by atoms with van der Waals surface area (Å²) in [5.74, 6) is 0. The quantitative estimate of drug-likeness (QED) is 0.863. The van der Waals surface area contributed by atoms with E-state index in [4.69, 9.17) is 4.74 Å². The smallest absolute Gasteiger partial charge is 0.0641 e. The van der Waals surface area contributed by atoms with Gasteiger partial charge in [0.05, 0.1) is 11.8 Å². The fraction of sp³-hybridized carbons (Fsp3) is 0.769. The van der Waals surface area contributed by atoms with Crippen LogP contribution in [0.4, 0.5) is 0 Å². The van der Waals surface area contributed by atoms with Crippen LogP contribution in [0.1, 0.15) is 32.3 Å². The van der Waals surface area contributed by atoms with Gasteiger partial charge in [0.15, 0.2) is 0 Å². The maximum atomic E-state index is 5.71. The summed E-state index contributed by atoms with van der Waals surface area (Å²) in [5, 5.41) is 7.79. The molecule has 1 aliphatic heterocycles. The van der Waals surface area contributed by atoms with Crippen LogP contribution in [-0.2, 0) is 18.2 Å². The van der Waals surface area contributed by atoms with Gasteiger partial charge < -0.3 is 10.1 Å². The Hall–Kier alpha value is -0.870. The molecule has 2 rings (SSSR count). The first-order valence-electron chi connectivity index (χ1n) is 6.40. The molecule has 1 unspecified atom stereocenters. The van der Waals surface area contributed by atoms with E-state index in [-0.39, 0.29) is 5.60 Å². The first kappa shape index (κ1) is 12.6. The molecular weight excluding hydrogens is 214 g/mol. The molecule has 1 aliphatic rings. The van der Waals surface area contributed by atoms with Crippen molar-refractivity contribution in [3.8, 4) is 0 Å². The molecule has 1 aromatic heterocycles. The summed E-state index contributed by atoms with van der Waals surface area (Å²) in [4.78, 5) is 0. The predicted octanol–water partition coefficient (Wildman–Crippen LogP) is 1.51. The fourth-order valence-electron chi connectivity index (χ4n) is 2.43. The maximum absolute atomic E-state index is 5.71. The zero-order valence-corrected chi connectivity index (χ0v) is 11.1. The summed E-state index contributed by atoms with van der Waals surface area (Å²) in [6, 6.07) is 0.593. The Labute approximate surface area is 103 Å². The van der Waals surface area contributed by atoms with Gasteiger partial charge in [-0.3, -0.25) is 4.68 Å². The topological polar surface area (TPSA) is 39.1 Å². The molecule has 0 amide bonds. The number of nitrogens with zero attached hydrogens (tertiary/aromatic N) is 2. The Bertz CT molecular complexity index is 359. The van der Waals surface area contributed by atoms with Crippen molar-refractivity contribution in [1.82, 2.24) is 15.1 Å². The first-order valence-corrected chi connectivity index (χ1v) is 6.40. The molecule has 0 bridgehead atoms. The van der Waals surface area contributed by atoms with Crippen LogP contribution in [0.15, 0.2) is 12.4 Å². The second kappa shape index (κ2) is 5.19. The molecule has 4 heteroatoms. The normalized spacial score (nSPS) is 23.8. The highest BCUT2D eigenvalue weighted by Gasteiger charge is 2.28. The lowest BCUT2D eigenvalue weighted by Gasteiger charge is -2.36. The van der Waals surface area contributed by atoms with E-state index in [1.807, 2.05) is 17.9 Å². The molecule has 0 spiro atoms. The van der Waals surface area contributed by atoms with Crippen molar-refractivity contribution < 1.29 is 4.74 Å². The van der Waals surface area contributed by atoms with Gasteiger partial charge in [-0.05, 0) is 45.2 Å². The van der Waals surface area contributed by atoms with E-state index in [2.05, 4.69) is 30.5 Å². The minimum absolute atomic E-state index is 0.0320. The van der Waals surface area contributed by atoms with Crippen molar-refractivity contribution in [3.05, 3.63) is 18.0 Å². The standard InChI is InChI=1S/C13H23N3O/c1-13(2)8-12(5-7-17-13)14-6-4-11-9-15-16(3)10-11/h9-10,12,14H,4-8H2,1-3H3. The van der Waals surface area contributed by atoms with E-state index >= 15 is 0 Å². The molecule has 1 atom stereocenters. The molecule has 1 saturated heterocycles. The van der Waals surface area contributed by atoms with Gasteiger partial charge in [0, 0.05) is 25.9 Å². The lowest BCUT2D eigenvalue weighted by Crippen LogP contribution is -2.44. The Balaban J connectivity index is 1.71. The summed E-state index contributed by atoms with van der Waals surface area (Å²) >= 11 is 0. The van der Waals surface area contributed by atoms with Crippen LogP contribution < -0.4 is 5.32 Å². The zero-order chi connectivity index (χ0) is 12.3. The molecule has 0 aromatic carbocycles. The Morgan fingerprint density at radius 2 is 2.41 bits per heavy atom. The third-order valence-electron chi connectivity index (χ3n) is 3.30. The van der Waals surface area contributed by atoms with Crippen LogP contribution in [0.5, 0.6) is 0 Å². The average molecular weight is 237 g/mol. The summed E-state index contributed by atoms with van der Waals surface area (Å²) < 4.78 is 7.56. The number of rotatable bonds is 4. The zero-order valence-electron chi connectivity index (χ0n) is 11.1. The van der Waals surface area contributed by atoms with E-state index in [0.29, 0.717) is 6.04 Å². The molecule has 2 heterocycles. The third kappa shape index (κ3) is 3.82. The van der Waals surface area contributed by atoms with E-state index < -0.39 is 0 Å². The Morgan fingerprint density at radius 1 is 1.59 bits per heavy atom. The van der Waals surface area contributed by atoms with Crippen molar-refractivity contribution >= 4 is 0 Å². The van der Waals surface area contributed by atoms with Crippen LogP contribution in [0, 0.1) is 0 Å². The van der Waals surface area contributed by atoms with Gasteiger partial charge in [-0.25, -0.2) is 0 Å². The Morgan fingerprint density at radius 3 is 3.06 bits per heavy atom. The number of nitrogens with one attached hydrogen (secondary N) is 1. The van der Waals surface area contributed by atoms with E-state index in [1.54, 1.807) is 0 Å². The Kier molecular flexibility index (Phi) is 3.84. The maximum Gasteiger partial charge on any atom is 0.0641 e. The van der Waals surface area contributed by atoms with Crippen molar-refractivity contribution in [2.24, 2.45) is 7.05 Å². The van der Waals surface area contributed by atoms with Crippen LogP contribution in [0.25, 0.3) is 0 Å². The van der Waals surface area contributed by atoms with Crippen molar-refractivity contribution in [3.63, 3.8) is 0 Å². The largest absolute Gasteiger partial charge is 0.375 e. The van der Waals surface area contributed by atoms with Gasteiger partial charge in [0.2, 0.25) is 0 Å². The van der Waals surface area contributed by atoms with Gasteiger partial charge in [-0.1, -0.05) is 0 Å². The van der Waals surface area contributed by atoms with Crippen LogP contribution in [0.2, 0.25) is 0 Å². The second-order valence-corrected chi connectivity index (χ2v) is 5.52. The second-order valence-electron chi connectivity index (χ2n) is 5.52. The summed E-state index contributed by atoms with van der Waals surface area (Å²) in [7, 11) is 1.96. The van der Waals surface area contributed by atoms with Crippen LogP contribution >= 0.6 is 0 Å². The summed E-state index contributed by atoms with van der Waals surface area (Å²) in [6.45, 7) is 6.23. The number of hydrogen-bond acceptors (Lipinski definition) is 3. The lowest BCUT2D eigenvalue weighted by molar-refractivity contribution is -0.0627. The van der Waals surface area contributed by atoms with E-state index in [9.17, 15) is 0 Å². The minimum atomic E-state index is 0.0320. The number of aromatic nitrogens is 2. The minimum Gasteiger partial charge on any atom is -0.375 e. The van der Waals surface area contributed by atoms with E-state index in [0.717, 1.165) is 32.4 Å². The molecular formula is C13H23N3O. The highest BCUT2D eigenvalue weighted by atomic mass is 16.5. The number of aryl methyl sites for hydroxylation is 1. The number of ether oxygens (including phenoxy) is 1. The molecule has 0 radical (unpaired) electrons. The molecule has 4 nitrogen and oxygen atoms in total. The third-order valence-corrected chi connectivity index (χ3v) is 3.30. The van der Waals surface area contributed by atoms with Gasteiger partial charge in [-0.2, -0.15) is 5.10 Å². The number of hydrogen-bond donors (Lipinski definition) is 1. The monoisotopic (exact) mass is 237 g/mol. The van der Waals surface area contributed by atoms with Crippen molar-refractivity contribution in [1.29, 1.82) is 0 Å². The fourth-order valence-corrected chi connectivity index (χ4v) is 2.43. The molecule has 1 aromatic rings. The van der Waals surface area contributed by atoms with Gasteiger partial charge in [-0.15, -0.1) is 0 Å². The highest BCUT2D eigenvalue weighted by Crippen LogP contribution is 2.23. The van der Waals surface area contributed by atoms with Crippen molar-refractivity contribution in [2.75, 3.05) is 13.2 Å². The van der Waals surface area contributed by atoms with Gasteiger partial charge in [0.25, 0.3) is 0 Å². The lowest BCUT2D eigenvalue weighted by atomic mass is 9.94. The molecule has 0 aliphatic carbocycles. The molecule has 96 valence electrons. The first-order chi connectivity index (χ1) is 8.05. The highest BCUT2D eigenvalue weighted by molar-refractivity contribution is 5.04. The molecule has 0 saturated carbocycles. The van der Waals surface area contributed by atoms with Crippen LogP contribution in [0.3, 0.4) is 0 Å². The average Bonchev–Trinajstić information content (AvgIpc) is 2.63.